The van der Waals surface area contributed by atoms with Gasteiger partial charge < -0.3 is 9.67 Å². The Labute approximate surface area is 126 Å². The van der Waals surface area contributed by atoms with Crippen LogP contribution in [-0.4, -0.2) is 20.6 Å². The van der Waals surface area contributed by atoms with Crippen LogP contribution in [0.3, 0.4) is 0 Å². The molecule has 0 saturated heterocycles. The van der Waals surface area contributed by atoms with Crippen LogP contribution in [0.15, 0.2) is 61.1 Å². The van der Waals surface area contributed by atoms with Crippen LogP contribution in [0.2, 0.25) is 5.02 Å². The molecule has 0 aliphatic carbocycles. The summed E-state index contributed by atoms with van der Waals surface area (Å²) >= 11 is 6.47. The van der Waals surface area contributed by atoms with E-state index in [4.69, 9.17) is 16.7 Å². The second-order valence-corrected chi connectivity index (χ2v) is 4.85. The molecule has 104 valence electrons. The molecule has 1 heterocycles. The molecule has 5 heteroatoms. The SMILES string of the molecule is O=C(O)c1cn(-c2cccc(-c3ccccc3)c2Cl)cn1. The average molecular weight is 299 g/mol. The molecule has 3 rings (SSSR count). The molecule has 0 saturated carbocycles. The highest BCUT2D eigenvalue weighted by Gasteiger charge is 2.12. The molecular weight excluding hydrogens is 288 g/mol. The van der Waals surface area contributed by atoms with E-state index in [1.807, 2.05) is 48.5 Å². The third kappa shape index (κ3) is 2.53. The number of carbonyl (C=O) groups is 1. The summed E-state index contributed by atoms with van der Waals surface area (Å²) in [7, 11) is 0. The van der Waals surface area contributed by atoms with Gasteiger partial charge in [-0.1, -0.05) is 54.1 Å². The summed E-state index contributed by atoms with van der Waals surface area (Å²) in [5, 5.41) is 9.49. The van der Waals surface area contributed by atoms with Crippen molar-refractivity contribution in [2.24, 2.45) is 0 Å². The van der Waals surface area contributed by atoms with Crippen LogP contribution < -0.4 is 0 Å². The molecule has 2 aromatic carbocycles. The standard InChI is InChI=1S/C16H11ClN2O2/c17-15-12(11-5-2-1-3-6-11)7-4-8-14(15)19-9-13(16(20)21)18-10-19/h1-10H,(H,20,21). The van der Waals surface area contributed by atoms with Crippen molar-refractivity contribution in [1.82, 2.24) is 9.55 Å². The molecule has 0 bridgehead atoms. The van der Waals surface area contributed by atoms with Crippen LogP contribution in [0, 0.1) is 0 Å². The number of nitrogens with zero attached hydrogens (tertiary/aromatic N) is 2. The minimum atomic E-state index is -1.07. The van der Waals surface area contributed by atoms with Gasteiger partial charge in [0.1, 0.15) is 6.33 Å². The molecule has 1 aromatic heterocycles. The number of aromatic nitrogens is 2. The Morgan fingerprint density at radius 1 is 1.10 bits per heavy atom. The molecule has 1 N–H and O–H groups in total. The maximum atomic E-state index is 10.9. The molecule has 0 unspecified atom stereocenters. The first-order valence-electron chi connectivity index (χ1n) is 6.28. The normalized spacial score (nSPS) is 10.5. The van der Waals surface area contributed by atoms with Crippen molar-refractivity contribution in [3.8, 4) is 16.8 Å². The zero-order valence-electron chi connectivity index (χ0n) is 10.9. The fourth-order valence-corrected chi connectivity index (χ4v) is 2.46. The summed E-state index contributed by atoms with van der Waals surface area (Å²) in [5.74, 6) is -1.07. The van der Waals surface area contributed by atoms with E-state index in [2.05, 4.69) is 4.98 Å². The maximum Gasteiger partial charge on any atom is 0.356 e. The van der Waals surface area contributed by atoms with Gasteiger partial charge in [0.2, 0.25) is 0 Å². The highest BCUT2D eigenvalue weighted by Crippen LogP contribution is 2.32. The van der Waals surface area contributed by atoms with Gasteiger partial charge >= 0.3 is 5.97 Å². The van der Waals surface area contributed by atoms with Crippen LogP contribution in [0.1, 0.15) is 10.5 Å². The number of rotatable bonds is 3. The van der Waals surface area contributed by atoms with Gasteiger partial charge in [-0.25, -0.2) is 9.78 Å². The molecule has 4 nitrogen and oxygen atoms in total. The number of imidazole rings is 1. The molecule has 0 radical (unpaired) electrons. The van der Waals surface area contributed by atoms with E-state index in [0.717, 1.165) is 11.1 Å². The van der Waals surface area contributed by atoms with Gasteiger partial charge in [-0.3, -0.25) is 0 Å². The number of hydrogen-bond donors (Lipinski definition) is 1. The Hall–Kier alpha value is -2.59. The van der Waals surface area contributed by atoms with Crippen molar-refractivity contribution < 1.29 is 9.90 Å². The van der Waals surface area contributed by atoms with E-state index in [0.29, 0.717) is 10.7 Å². The van der Waals surface area contributed by atoms with E-state index in [1.54, 1.807) is 4.57 Å². The lowest BCUT2D eigenvalue weighted by Gasteiger charge is -2.10. The van der Waals surface area contributed by atoms with Crippen LogP contribution in [0.5, 0.6) is 0 Å². The first-order chi connectivity index (χ1) is 10.2. The molecule has 0 spiro atoms. The van der Waals surface area contributed by atoms with Gasteiger partial charge in [0, 0.05) is 11.8 Å². The van der Waals surface area contributed by atoms with Crippen LogP contribution in [0.4, 0.5) is 0 Å². The van der Waals surface area contributed by atoms with Crippen LogP contribution in [0.25, 0.3) is 16.8 Å². The predicted octanol–water partition coefficient (Wildman–Crippen LogP) is 3.89. The van der Waals surface area contributed by atoms with Crippen molar-refractivity contribution in [2.75, 3.05) is 0 Å². The lowest BCUT2D eigenvalue weighted by Crippen LogP contribution is -1.96. The Balaban J connectivity index is 2.10. The van der Waals surface area contributed by atoms with Crippen LogP contribution >= 0.6 is 11.6 Å². The summed E-state index contributed by atoms with van der Waals surface area (Å²) < 4.78 is 1.61. The first-order valence-corrected chi connectivity index (χ1v) is 6.66. The van der Waals surface area contributed by atoms with Crippen molar-refractivity contribution >= 4 is 17.6 Å². The molecule has 21 heavy (non-hydrogen) atoms. The molecule has 3 aromatic rings. The van der Waals surface area contributed by atoms with E-state index in [1.165, 1.54) is 12.5 Å². The monoisotopic (exact) mass is 298 g/mol. The number of carboxylic acid groups (broad SMARTS) is 1. The first kappa shape index (κ1) is 13.4. The summed E-state index contributed by atoms with van der Waals surface area (Å²) in [6.07, 6.45) is 2.89. The summed E-state index contributed by atoms with van der Waals surface area (Å²) in [4.78, 5) is 14.8. The van der Waals surface area contributed by atoms with E-state index >= 15 is 0 Å². The van der Waals surface area contributed by atoms with E-state index in [-0.39, 0.29) is 5.69 Å². The number of halogens is 1. The zero-order valence-corrected chi connectivity index (χ0v) is 11.7. The molecular formula is C16H11ClN2O2. The van der Waals surface area contributed by atoms with Crippen molar-refractivity contribution in [3.63, 3.8) is 0 Å². The molecule has 0 aliphatic rings. The number of carboxylic acids is 1. The quantitative estimate of drug-likeness (QED) is 0.798. The fourth-order valence-electron chi connectivity index (χ4n) is 2.12. The van der Waals surface area contributed by atoms with E-state index < -0.39 is 5.97 Å². The summed E-state index contributed by atoms with van der Waals surface area (Å²) in [6, 6.07) is 15.4. The number of benzene rings is 2. The second-order valence-electron chi connectivity index (χ2n) is 4.48. The van der Waals surface area contributed by atoms with E-state index in [9.17, 15) is 4.79 Å². The van der Waals surface area contributed by atoms with Gasteiger partial charge in [0.15, 0.2) is 5.69 Å². The zero-order chi connectivity index (χ0) is 14.8. The van der Waals surface area contributed by atoms with Crippen molar-refractivity contribution in [2.45, 2.75) is 0 Å². The molecule has 0 amide bonds. The van der Waals surface area contributed by atoms with Crippen molar-refractivity contribution in [1.29, 1.82) is 0 Å². The second kappa shape index (κ2) is 5.42. The number of aromatic carboxylic acids is 1. The molecule has 0 aliphatic heterocycles. The third-order valence-electron chi connectivity index (χ3n) is 3.14. The minimum Gasteiger partial charge on any atom is -0.476 e. The van der Waals surface area contributed by atoms with Gasteiger partial charge in [0.05, 0.1) is 10.7 Å². The average Bonchev–Trinajstić information content (AvgIpc) is 2.98. The Morgan fingerprint density at radius 3 is 2.52 bits per heavy atom. The Bertz CT molecular complexity index is 797. The molecule has 0 atom stereocenters. The number of hydrogen-bond acceptors (Lipinski definition) is 2. The maximum absolute atomic E-state index is 10.9. The summed E-state index contributed by atoms with van der Waals surface area (Å²) in [5.41, 5.74) is 2.57. The van der Waals surface area contributed by atoms with Gasteiger partial charge in [0.25, 0.3) is 0 Å². The lowest BCUT2D eigenvalue weighted by atomic mass is 10.1. The smallest absolute Gasteiger partial charge is 0.356 e. The lowest BCUT2D eigenvalue weighted by molar-refractivity contribution is 0.0691. The van der Waals surface area contributed by atoms with Crippen molar-refractivity contribution in [3.05, 3.63) is 71.8 Å². The van der Waals surface area contributed by atoms with Gasteiger partial charge in [-0.2, -0.15) is 0 Å². The van der Waals surface area contributed by atoms with Crippen LogP contribution in [-0.2, 0) is 0 Å². The third-order valence-corrected chi connectivity index (χ3v) is 3.54. The van der Waals surface area contributed by atoms with Gasteiger partial charge in [-0.05, 0) is 11.6 Å². The Morgan fingerprint density at radius 2 is 1.86 bits per heavy atom. The minimum absolute atomic E-state index is 0.0174. The highest BCUT2D eigenvalue weighted by atomic mass is 35.5. The topological polar surface area (TPSA) is 55.1 Å². The highest BCUT2D eigenvalue weighted by molar-refractivity contribution is 6.35. The fraction of sp³-hybridized carbons (Fsp3) is 0. The predicted molar refractivity (Wildman–Crippen MR) is 81.0 cm³/mol. The summed E-state index contributed by atoms with van der Waals surface area (Å²) in [6.45, 7) is 0. The molecule has 0 fully saturated rings. The van der Waals surface area contributed by atoms with Gasteiger partial charge in [-0.15, -0.1) is 0 Å². The Kier molecular flexibility index (Phi) is 3.46. The largest absolute Gasteiger partial charge is 0.476 e.